The van der Waals surface area contributed by atoms with Crippen molar-refractivity contribution in [3.8, 4) is 0 Å². The maximum atomic E-state index is 13.6. The molecule has 1 rings (SSSR count). The smallest absolute Gasteiger partial charge is 0.379 e. The summed E-state index contributed by atoms with van der Waals surface area (Å²) >= 11 is 3.04. The first-order valence-corrected chi connectivity index (χ1v) is 5.61. The summed E-state index contributed by atoms with van der Waals surface area (Å²) in [6.07, 6.45) is 1.32. The molecule has 0 amide bonds. The van der Waals surface area contributed by atoms with E-state index in [0.29, 0.717) is 4.60 Å². The van der Waals surface area contributed by atoms with Crippen LogP contribution in [0.3, 0.4) is 0 Å². The Morgan fingerprint density at radius 1 is 1.67 bits per heavy atom. The second-order valence-corrected chi connectivity index (χ2v) is 4.05. The first kappa shape index (κ1) is 17.2. The Morgan fingerprint density at radius 3 is 2.78 bits per heavy atom. The summed E-state index contributed by atoms with van der Waals surface area (Å²) in [5.74, 6) is -5.39. The topological polar surface area (TPSA) is 65.2 Å². The van der Waals surface area contributed by atoms with Gasteiger partial charge >= 0.3 is 11.9 Å². The molecule has 1 heterocycles. The van der Waals surface area contributed by atoms with Crippen LogP contribution in [0.15, 0.2) is 22.9 Å². The van der Waals surface area contributed by atoms with Gasteiger partial charge in [-0.3, -0.25) is 0 Å². The molecule has 0 aromatic carbocycles. The quantitative estimate of drug-likeness (QED) is 0.672. The van der Waals surface area contributed by atoms with E-state index >= 15 is 0 Å². The van der Waals surface area contributed by atoms with Gasteiger partial charge in [-0.25, -0.2) is 9.78 Å². The zero-order valence-electron chi connectivity index (χ0n) is 9.40. The summed E-state index contributed by atoms with van der Waals surface area (Å²) in [5.41, 5.74) is 5.48. The lowest BCUT2D eigenvalue weighted by Crippen LogP contribution is -2.41. The number of hydrogen-bond donors (Lipinski definition) is 1. The standard InChI is InChI=1S/C10H11BrF2N2O2.ClH/c1-2-17-9(16)10(12,13)8(14)6-3-4-15-7(11)5-6;/h3-5,8H,2,14H2,1H3;1H/t8-;/m0./s1. The van der Waals surface area contributed by atoms with Crippen LogP contribution in [-0.4, -0.2) is 23.5 Å². The fourth-order valence-corrected chi connectivity index (χ4v) is 1.56. The van der Waals surface area contributed by atoms with Crippen molar-refractivity contribution in [2.75, 3.05) is 6.61 Å². The predicted molar refractivity (Wildman–Crippen MR) is 67.7 cm³/mol. The summed E-state index contributed by atoms with van der Waals surface area (Å²) in [5, 5.41) is 0. The van der Waals surface area contributed by atoms with Crippen molar-refractivity contribution in [1.29, 1.82) is 0 Å². The molecule has 0 aliphatic rings. The monoisotopic (exact) mass is 344 g/mol. The van der Waals surface area contributed by atoms with E-state index in [1.807, 2.05) is 0 Å². The highest BCUT2D eigenvalue weighted by Gasteiger charge is 2.47. The summed E-state index contributed by atoms with van der Waals surface area (Å²) in [4.78, 5) is 14.9. The first-order valence-electron chi connectivity index (χ1n) is 4.81. The maximum absolute atomic E-state index is 13.6. The fraction of sp³-hybridized carbons (Fsp3) is 0.400. The molecule has 0 spiro atoms. The molecule has 0 aliphatic carbocycles. The lowest BCUT2D eigenvalue weighted by Gasteiger charge is -2.21. The van der Waals surface area contributed by atoms with Crippen molar-refractivity contribution in [3.05, 3.63) is 28.5 Å². The highest BCUT2D eigenvalue weighted by atomic mass is 79.9. The minimum Gasteiger partial charge on any atom is -0.462 e. The molecule has 0 aliphatic heterocycles. The van der Waals surface area contributed by atoms with Gasteiger partial charge in [-0.1, -0.05) is 0 Å². The highest BCUT2D eigenvalue weighted by Crippen LogP contribution is 2.31. The maximum Gasteiger partial charge on any atom is 0.379 e. The first-order chi connectivity index (χ1) is 7.89. The molecule has 1 aromatic heterocycles. The molecule has 0 saturated carbocycles. The second-order valence-electron chi connectivity index (χ2n) is 3.23. The molecule has 0 unspecified atom stereocenters. The summed E-state index contributed by atoms with van der Waals surface area (Å²) < 4.78 is 31.8. The minimum atomic E-state index is -3.77. The summed E-state index contributed by atoms with van der Waals surface area (Å²) in [7, 11) is 0. The highest BCUT2D eigenvalue weighted by molar-refractivity contribution is 9.10. The van der Waals surface area contributed by atoms with Crippen LogP contribution in [0.5, 0.6) is 0 Å². The van der Waals surface area contributed by atoms with E-state index < -0.39 is 17.9 Å². The minimum absolute atomic E-state index is 0. The van der Waals surface area contributed by atoms with Crippen LogP contribution in [0.2, 0.25) is 0 Å². The molecule has 1 aromatic rings. The van der Waals surface area contributed by atoms with Crippen LogP contribution in [0.25, 0.3) is 0 Å². The summed E-state index contributed by atoms with van der Waals surface area (Å²) in [6, 6.07) is 0.890. The number of ether oxygens (including phenoxy) is 1. The molecule has 2 N–H and O–H groups in total. The fourth-order valence-electron chi connectivity index (χ4n) is 1.17. The Balaban J connectivity index is 0.00000289. The Morgan fingerprint density at radius 2 is 2.28 bits per heavy atom. The SMILES string of the molecule is CCOC(=O)C(F)(F)[C@@H](N)c1ccnc(Br)c1.Cl. The van der Waals surface area contributed by atoms with Crippen molar-refractivity contribution in [2.45, 2.75) is 18.9 Å². The van der Waals surface area contributed by atoms with Gasteiger partial charge in [0.05, 0.1) is 6.61 Å². The molecular formula is C10H12BrClF2N2O2. The Kier molecular flexibility index (Phi) is 6.66. The molecule has 0 bridgehead atoms. The molecule has 1 atom stereocenters. The number of aromatic nitrogens is 1. The molecule has 8 heteroatoms. The van der Waals surface area contributed by atoms with Crippen LogP contribution < -0.4 is 5.73 Å². The number of esters is 1. The third-order valence-corrected chi connectivity index (χ3v) is 2.48. The van der Waals surface area contributed by atoms with Gasteiger partial charge in [0.25, 0.3) is 0 Å². The lowest BCUT2D eigenvalue weighted by atomic mass is 10.0. The molecule has 102 valence electrons. The third kappa shape index (κ3) is 3.86. The largest absolute Gasteiger partial charge is 0.462 e. The molecule has 18 heavy (non-hydrogen) atoms. The van der Waals surface area contributed by atoms with Gasteiger partial charge in [-0.05, 0) is 40.5 Å². The van der Waals surface area contributed by atoms with E-state index in [1.54, 1.807) is 0 Å². The zero-order valence-corrected chi connectivity index (χ0v) is 11.8. The van der Waals surface area contributed by atoms with Crippen molar-refractivity contribution in [1.82, 2.24) is 4.98 Å². The Hall–Kier alpha value is -0.790. The van der Waals surface area contributed by atoms with E-state index in [9.17, 15) is 13.6 Å². The van der Waals surface area contributed by atoms with Crippen LogP contribution in [-0.2, 0) is 9.53 Å². The van der Waals surface area contributed by atoms with Crippen molar-refractivity contribution in [2.24, 2.45) is 5.73 Å². The zero-order chi connectivity index (χ0) is 13.1. The van der Waals surface area contributed by atoms with Crippen molar-refractivity contribution in [3.63, 3.8) is 0 Å². The van der Waals surface area contributed by atoms with E-state index in [0.717, 1.165) is 0 Å². The predicted octanol–water partition coefficient (Wildman–Crippen LogP) is 2.46. The third-order valence-electron chi connectivity index (χ3n) is 2.05. The van der Waals surface area contributed by atoms with Gasteiger partial charge in [-0.2, -0.15) is 8.78 Å². The number of hydrogen-bond acceptors (Lipinski definition) is 4. The van der Waals surface area contributed by atoms with Crippen LogP contribution in [0, 0.1) is 0 Å². The van der Waals surface area contributed by atoms with E-state index in [4.69, 9.17) is 5.73 Å². The van der Waals surface area contributed by atoms with E-state index in [1.165, 1.54) is 25.3 Å². The van der Waals surface area contributed by atoms with Crippen LogP contribution in [0.4, 0.5) is 8.78 Å². The number of alkyl halides is 2. The Bertz CT molecular complexity index is 421. The summed E-state index contributed by atoms with van der Waals surface area (Å²) in [6.45, 7) is 1.32. The molecule has 0 fully saturated rings. The lowest BCUT2D eigenvalue weighted by molar-refractivity contribution is -0.174. The van der Waals surface area contributed by atoms with Crippen LogP contribution in [0.1, 0.15) is 18.5 Å². The van der Waals surface area contributed by atoms with Crippen molar-refractivity contribution < 1.29 is 18.3 Å². The molecule has 0 radical (unpaired) electrons. The van der Waals surface area contributed by atoms with E-state index in [-0.39, 0.29) is 24.6 Å². The van der Waals surface area contributed by atoms with Gasteiger partial charge in [0, 0.05) is 6.20 Å². The van der Waals surface area contributed by atoms with Crippen LogP contribution >= 0.6 is 28.3 Å². The van der Waals surface area contributed by atoms with Gasteiger partial charge in [-0.15, -0.1) is 12.4 Å². The average Bonchev–Trinajstić information content (AvgIpc) is 2.28. The van der Waals surface area contributed by atoms with Gasteiger partial charge < -0.3 is 10.5 Å². The number of nitrogens with zero attached hydrogens (tertiary/aromatic N) is 1. The number of carbonyl (C=O) groups excluding carboxylic acids is 1. The second kappa shape index (κ2) is 6.96. The normalized spacial score (nSPS) is 12.5. The molecular weight excluding hydrogens is 333 g/mol. The van der Waals surface area contributed by atoms with Gasteiger partial charge in [0.15, 0.2) is 0 Å². The van der Waals surface area contributed by atoms with Crippen molar-refractivity contribution >= 4 is 34.3 Å². The molecule has 4 nitrogen and oxygen atoms in total. The Labute approximate surface area is 117 Å². The van der Waals surface area contributed by atoms with Gasteiger partial charge in [0.1, 0.15) is 10.6 Å². The number of pyridine rings is 1. The molecule has 0 saturated heterocycles. The number of halogens is 4. The van der Waals surface area contributed by atoms with Gasteiger partial charge in [0.2, 0.25) is 0 Å². The average molecular weight is 346 g/mol. The number of carbonyl (C=O) groups is 1. The number of rotatable bonds is 4. The van der Waals surface area contributed by atoms with E-state index in [2.05, 4.69) is 25.7 Å². The number of nitrogens with two attached hydrogens (primary N) is 1.